The Morgan fingerprint density at radius 2 is 1.70 bits per heavy atom. The summed E-state index contributed by atoms with van der Waals surface area (Å²) in [6, 6.07) is 0. The van der Waals surface area contributed by atoms with Gasteiger partial charge in [-0.2, -0.15) is 13.2 Å². The Morgan fingerprint density at radius 3 is 2.26 bits per heavy atom. The number of hydrogen-bond acceptors (Lipinski definition) is 4. The SMILES string of the molecule is O=C(CCNC(=O)OCC(F)(F)F)NCC1(O)CCCCCC1. The fourth-order valence-electron chi connectivity index (χ4n) is 2.39. The van der Waals surface area contributed by atoms with Crippen molar-refractivity contribution in [2.45, 2.75) is 56.7 Å². The van der Waals surface area contributed by atoms with Gasteiger partial charge in [-0.05, 0) is 12.8 Å². The summed E-state index contributed by atoms with van der Waals surface area (Å²) in [6.07, 6.45) is -0.666. The van der Waals surface area contributed by atoms with Gasteiger partial charge in [0, 0.05) is 19.5 Å². The Labute approximate surface area is 132 Å². The molecule has 23 heavy (non-hydrogen) atoms. The highest BCUT2D eigenvalue weighted by Crippen LogP contribution is 2.26. The smallest absolute Gasteiger partial charge is 0.422 e. The molecular formula is C14H23F3N2O4. The highest BCUT2D eigenvalue weighted by molar-refractivity contribution is 5.77. The summed E-state index contributed by atoms with van der Waals surface area (Å²) in [5.74, 6) is -0.390. The predicted octanol–water partition coefficient (Wildman–Crippen LogP) is 1.87. The third kappa shape index (κ3) is 9.27. The standard InChI is InChI=1S/C14H23F3N2O4/c15-14(16,17)10-23-12(21)18-8-5-11(20)19-9-13(22)6-3-1-2-4-7-13/h22H,1-10H2,(H,18,21)(H,19,20). The molecule has 1 aliphatic rings. The van der Waals surface area contributed by atoms with E-state index in [0.29, 0.717) is 12.8 Å². The molecule has 0 aromatic rings. The van der Waals surface area contributed by atoms with Gasteiger partial charge >= 0.3 is 12.3 Å². The zero-order valence-corrected chi connectivity index (χ0v) is 12.9. The Hall–Kier alpha value is -1.51. The van der Waals surface area contributed by atoms with Crippen LogP contribution in [0.3, 0.4) is 0 Å². The van der Waals surface area contributed by atoms with E-state index in [1.807, 2.05) is 0 Å². The van der Waals surface area contributed by atoms with Gasteiger partial charge in [0.15, 0.2) is 6.61 Å². The van der Waals surface area contributed by atoms with Crippen molar-refractivity contribution in [3.63, 3.8) is 0 Å². The molecule has 1 aliphatic carbocycles. The maximum Gasteiger partial charge on any atom is 0.422 e. The van der Waals surface area contributed by atoms with E-state index in [1.54, 1.807) is 0 Å². The average molecular weight is 340 g/mol. The summed E-state index contributed by atoms with van der Waals surface area (Å²) in [7, 11) is 0. The first-order chi connectivity index (χ1) is 10.7. The number of hydrogen-bond donors (Lipinski definition) is 3. The second-order valence-electron chi connectivity index (χ2n) is 5.78. The first kappa shape index (κ1) is 19.5. The molecule has 3 N–H and O–H groups in total. The maximum absolute atomic E-state index is 11.8. The molecule has 134 valence electrons. The molecule has 1 saturated carbocycles. The van der Waals surface area contributed by atoms with Crippen LogP contribution in [0.15, 0.2) is 0 Å². The molecule has 6 nitrogen and oxygen atoms in total. The van der Waals surface area contributed by atoms with Gasteiger partial charge in [0.25, 0.3) is 0 Å². The first-order valence-corrected chi connectivity index (χ1v) is 7.67. The largest absolute Gasteiger partial charge is 0.440 e. The van der Waals surface area contributed by atoms with Gasteiger partial charge in [0.1, 0.15) is 0 Å². The van der Waals surface area contributed by atoms with Crippen molar-refractivity contribution in [1.82, 2.24) is 10.6 Å². The maximum atomic E-state index is 11.8. The van der Waals surface area contributed by atoms with E-state index in [0.717, 1.165) is 25.7 Å². The number of halogens is 3. The van der Waals surface area contributed by atoms with Gasteiger partial charge in [0.2, 0.25) is 5.91 Å². The van der Waals surface area contributed by atoms with Crippen molar-refractivity contribution in [3.8, 4) is 0 Å². The minimum absolute atomic E-state index is 0.100. The second-order valence-corrected chi connectivity index (χ2v) is 5.78. The van der Waals surface area contributed by atoms with Crippen molar-refractivity contribution in [2.24, 2.45) is 0 Å². The monoisotopic (exact) mass is 340 g/mol. The number of aliphatic hydroxyl groups is 1. The Bertz CT molecular complexity index is 394. The molecule has 2 amide bonds. The van der Waals surface area contributed by atoms with E-state index in [1.165, 1.54) is 0 Å². The normalized spacial score (nSPS) is 17.9. The van der Waals surface area contributed by atoms with Crippen molar-refractivity contribution in [3.05, 3.63) is 0 Å². The van der Waals surface area contributed by atoms with Crippen LogP contribution in [0, 0.1) is 0 Å². The van der Waals surface area contributed by atoms with E-state index in [4.69, 9.17) is 0 Å². The second kappa shape index (κ2) is 8.95. The van der Waals surface area contributed by atoms with E-state index in [2.05, 4.69) is 15.4 Å². The van der Waals surface area contributed by atoms with Gasteiger partial charge in [-0.3, -0.25) is 4.79 Å². The van der Waals surface area contributed by atoms with Gasteiger partial charge in [-0.15, -0.1) is 0 Å². The Balaban J connectivity index is 2.15. The highest BCUT2D eigenvalue weighted by Gasteiger charge is 2.30. The van der Waals surface area contributed by atoms with Crippen LogP contribution in [0.5, 0.6) is 0 Å². The average Bonchev–Trinajstić information content (AvgIpc) is 2.68. The number of rotatable bonds is 6. The van der Waals surface area contributed by atoms with Crippen LogP contribution in [0.4, 0.5) is 18.0 Å². The lowest BCUT2D eigenvalue weighted by Crippen LogP contribution is -2.43. The molecular weight excluding hydrogens is 317 g/mol. The predicted molar refractivity (Wildman–Crippen MR) is 75.7 cm³/mol. The number of carbonyl (C=O) groups is 2. The van der Waals surface area contributed by atoms with Crippen molar-refractivity contribution in [2.75, 3.05) is 19.7 Å². The van der Waals surface area contributed by atoms with Crippen molar-refractivity contribution in [1.29, 1.82) is 0 Å². The lowest BCUT2D eigenvalue weighted by Gasteiger charge is -2.26. The Morgan fingerprint density at radius 1 is 1.09 bits per heavy atom. The molecule has 0 saturated heterocycles. The van der Waals surface area contributed by atoms with Crippen molar-refractivity contribution >= 4 is 12.0 Å². The summed E-state index contributed by atoms with van der Waals surface area (Å²) in [6.45, 7) is -1.66. The van der Waals surface area contributed by atoms with Crippen LogP contribution in [0.1, 0.15) is 44.9 Å². The van der Waals surface area contributed by atoms with Gasteiger partial charge < -0.3 is 20.5 Å². The minimum atomic E-state index is -4.58. The molecule has 0 radical (unpaired) electrons. The fourth-order valence-corrected chi connectivity index (χ4v) is 2.39. The van der Waals surface area contributed by atoms with Crippen LogP contribution in [0.2, 0.25) is 0 Å². The minimum Gasteiger partial charge on any atom is -0.440 e. The molecule has 0 spiro atoms. The number of alkyl halides is 3. The third-order valence-corrected chi connectivity index (χ3v) is 3.64. The molecule has 0 aromatic heterocycles. The van der Waals surface area contributed by atoms with Crippen LogP contribution in [0.25, 0.3) is 0 Å². The summed E-state index contributed by atoms with van der Waals surface area (Å²) < 4.78 is 39.4. The number of alkyl carbamates (subject to hydrolysis) is 1. The van der Waals surface area contributed by atoms with Crippen LogP contribution >= 0.6 is 0 Å². The zero-order chi connectivity index (χ0) is 17.3. The third-order valence-electron chi connectivity index (χ3n) is 3.64. The van der Waals surface area contributed by atoms with Crippen LogP contribution < -0.4 is 10.6 Å². The molecule has 0 unspecified atom stereocenters. The summed E-state index contributed by atoms with van der Waals surface area (Å²) in [5.41, 5.74) is -0.898. The first-order valence-electron chi connectivity index (χ1n) is 7.67. The number of amides is 2. The fraction of sp³-hybridized carbons (Fsp3) is 0.857. The van der Waals surface area contributed by atoms with Gasteiger partial charge in [-0.25, -0.2) is 4.79 Å². The molecule has 0 aliphatic heterocycles. The number of nitrogens with one attached hydrogen (secondary N) is 2. The van der Waals surface area contributed by atoms with Gasteiger partial charge in [-0.1, -0.05) is 25.7 Å². The molecule has 0 heterocycles. The van der Waals surface area contributed by atoms with Gasteiger partial charge in [0.05, 0.1) is 5.60 Å². The molecule has 1 fully saturated rings. The lowest BCUT2D eigenvalue weighted by atomic mass is 9.94. The summed E-state index contributed by atoms with van der Waals surface area (Å²) in [5, 5.41) is 15.0. The molecule has 0 atom stereocenters. The number of ether oxygens (including phenoxy) is 1. The van der Waals surface area contributed by atoms with E-state index in [9.17, 15) is 27.9 Å². The van der Waals surface area contributed by atoms with E-state index < -0.39 is 30.4 Å². The topological polar surface area (TPSA) is 87.7 Å². The quantitative estimate of drug-likeness (QED) is 0.644. The molecule has 1 rings (SSSR count). The van der Waals surface area contributed by atoms with Crippen molar-refractivity contribution < 1.29 is 32.6 Å². The highest BCUT2D eigenvalue weighted by atomic mass is 19.4. The summed E-state index contributed by atoms with van der Waals surface area (Å²) >= 11 is 0. The summed E-state index contributed by atoms with van der Waals surface area (Å²) in [4.78, 5) is 22.6. The molecule has 0 aromatic carbocycles. The molecule has 0 bridgehead atoms. The lowest BCUT2D eigenvalue weighted by molar-refractivity contribution is -0.160. The van der Waals surface area contributed by atoms with E-state index >= 15 is 0 Å². The number of carbonyl (C=O) groups excluding carboxylic acids is 2. The zero-order valence-electron chi connectivity index (χ0n) is 12.9. The van der Waals surface area contributed by atoms with Crippen LogP contribution in [-0.4, -0.2) is 48.6 Å². The van der Waals surface area contributed by atoms with E-state index in [-0.39, 0.29) is 19.5 Å². The van der Waals surface area contributed by atoms with Crippen LogP contribution in [-0.2, 0) is 9.53 Å². The molecule has 9 heteroatoms. The Kier molecular flexibility index (Phi) is 7.60.